The average Bonchev–Trinajstić information content (AvgIpc) is 3.04. The standard InChI is InChI=1S/C19H16ClN3O/c20-14-6-7-17-15(12-14)18(13-4-2-1-3-5-13)22-16(8-11-24)19-21-9-10-23(17)19/h1-7,9-10,12,16,24H,8,11H2. The molecule has 4 rings (SSSR count). The number of aliphatic hydroxyl groups excluding tert-OH is 1. The molecule has 0 saturated carbocycles. The zero-order valence-corrected chi connectivity index (χ0v) is 13.7. The van der Waals surface area contributed by atoms with E-state index in [1.807, 2.05) is 59.3 Å². The van der Waals surface area contributed by atoms with Crippen molar-refractivity contribution in [1.29, 1.82) is 0 Å². The fraction of sp³-hybridized carbons (Fsp3) is 0.158. The largest absolute Gasteiger partial charge is 0.396 e. The Bertz CT molecular complexity index is 902. The van der Waals surface area contributed by atoms with Crippen molar-refractivity contribution in [2.24, 2.45) is 4.99 Å². The molecule has 3 aromatic rings. The molecule has 0 fully saturated rings. The van der Waals surface area contributed by atoms with Crippen LogP contribution in [0.25, 0.3) is 5.69 Å². The number of imidazole rings is 1. The van der Waals surface area contributed by atoms with Crippen LogP contribution >= 0.6 is 11.6 Å². The van der Waals surface area contributed by atoms with Gasteiger partial charge in [-0.2, -0.15) is 0 Å². The molecule has 1 aliphatic heterocycles. The van der Waals surface area contributed by atoms with Gasteiger partial charge in [0, 0.05) is 41.6 Å². The van der Waals surface area contributed by atoms with Gasteiger partial charge in [0.05, 0.1) is 11.4 Å². The van der Waals surface area contributed by atoms with Crippen molar-refractivity contribution in [1.82, 2.24) is 9.55 Å². The molecule has 24 heavy (non-hydrogen) atoms. The van der Waals surface area contributed by atoms with E-state index in [1.54, 1.807) is 6.20 Å². The third-order valence-electron chi connectivity index (χ3n) is 4.18. The first-order valence-corrected chi connectivity index (χ1v) is 8.23. The van der Waals surface area contributed by atoms with Crippen molar-refractivity contribution in [3.63, 3.8) is 0 Å². The Labute approximate surface area is 145 Å². The molecule has 2 heterocycles. The van der Waals surface area contributed by atoms with Gasteiger partial charge >= 0.3 is 0 Å². The number of aromatic nitrogens is 2. The van der Waals surface area contributed by atoms with Gasteiger partial charge < -0.3 is 9.67 Å². The molecule has 1 aliphatic rings. The third-order valence-corrected chi connectivity index (χ3v) is 4.41. The minimum absolute atomic E-state index is 0.0558. The first-order valence-electron chi connectivity index (χ1n) is 7.85. The van der Waals surface area contributed by atoms with Gasteiger partial charge in [0.25, 0.3) is 0 Å². The Morgan fingerprint density at radius 2 is 1.96 bits per heavy atom. The van der Waals surface area contributed by atoms with E-state index < -0.39 is 0 Å². The van der Waals surface area contributed by atoms with Crippen molar-refractivity contribution < 1.29 is 5.11 Å². The second kappa shape index (κ2) is 6.23. The van der Waals surface area contributed by atoms with Gasteiger partial charge in [-0.25, -0.2) is 4.98 Å². The molecule has 120 valence electrons. The Morgan fingerprint density at radius 3 is 2.75 bits per heavy atom. The number of benzene rings is 2. The van der Waals surface area contributed by atoms with Crippen molar-refractivity contribution >= 4 is 17.3 Å². The van der Waals surface area contributed by atoms with Gasteiger partial charge in [0.2, 0.25) is 0 Å². The number of fused-ring (bicyclic) bond motifs is 3. The van der Waals surface area contributed by atoms with Crippen LogP contribution in [0.2, 0.25) is 5.02 Å². The molecule has 1 aromatic heterocycles. The number of rotatable bonds is 3. The number of aliphatic hydroxyl groups is 1. The Kier molecular flexibility index (Phi) is 3.92. The van der Waals surface area contributed by atoms with Crippen molar-refractivity contribution in [2.45, 2.75) is 12.5 Å². The highest BCUT2D eigenvalue weighted by Crippen LogP contribution is 2.32. The zero-order chi connectivity index (χ0) is 16.5. The van der Waals surface area contributed by atoms with E-state index in [4.69, 9.17) is 16.6 Å². The molecule has 4 nitrogen and oxygen atoms in total. The van der Waals surface area contributed by atoms with E-state index in [-0.39, 0.29) is 12.6 Å². The first-order chi connectivity index (χ1) is 11.8. The summed E-state index contributed by atoms with van der Waals surface area (Å²) in [7, 11) is 0. The smallest absolute Gasteiger partial charge is 0.138 e. The van der Waals surface area contributed by atoms with E-state index >= 15 is 0 Å². The van der Waals surface area contributed by atoms with E-state index in [0.29, 0.717) is 11.4 Å². The van der Waals surface area contributed by atoms with Crippen LogP contribution < -0.4 is 0 Å². The lowest BCUT2D eigenvalue weighted by Crippen LogP contribution is -2.07. The quantitative estimate of drug-likeness (QED) is 0.790. The number of halogens is 1. The normalized spacial score (nSPS) is 16.1. The highest BCUT2D eigenvalue weighted by atomic mass is 35.5. The maximum atomic E-state index is 9.46. The van der Waals surface area contributed by atoms with Gasteiger partial charge in [0.1, 0.15) is 11.9 Å². The van der Waals surface area contributed by atoms with Crippen LogP contribution in [-0.2, 0) is 0 Å². The fourth-order valence-electron chi connectivity index (χ4n) is 3.10. The van der Waals surface area contributed by atoms with Gasteiger partial charge in [-0.15, -0.1) is 0 Å². The van der Waals surface area contributed by atoms with Crippen molar-refractivity contribution in [2.75, 3.05) is 6.61 Å². The van der Waals surface area contributed by atoms with Crippen LogP contribution in [0.3, 0.4) is 0 Å². The molecule has 5 heteroatoms. The highest BCUT2D eigenvalue weighted by molar-refractivity contribution is 6.31. The molecule has 0 bridgehead atoms. The van der Waals surface area contributed by atoms with Crippen molar-refractivity contribution in [3.05, 3.63) is 82.9 Å². The van der Waals surface area contributed by atoms with E-state index in [2.05, 4.69) is 4.98 Å². The SMILES string of the molecule is OCCC1N=C(c2ccccc2)c2cc(Cl)ccc2-n2ccnc21. The number of hydrogen-bond acceptors (Lipinski definition) is 3. The summed E-state index contributed by atoms with van der Waals surface area (Å²) in [6.45, 7) is 0.0558. The lowest BCUT2D eigenvalue weighted by molar-refractivity contribution is 0.275. The molecule has 1 N–H and O–H groups in total. The third kappa shape index (κ3) is 2.54. The molecular formula is C19H16ClN3O. The molecule has 0 amide bonds. The molecule has 1 unspecified atom stereocenters. The highest BCUT2D eigenvalue weighted by Gasteiger charge is 2.25. The monoisotopic (exact) mass is 337 g/mol. The van der Waals surface area contributed by atoms with E-state index in [1.165, 1.54) is 0 Å². The summed E-state index contributed by atoms with van der Waals surface area (Å²) in [5.41, 5.74) is 3.86. The minimum atomic E-state index is -0.202. The number of nitrogens with zero attached hydrogens (tertiary/aromatic N) is 3. The molecular weight excluding hydrogens is 322 g/mol. The maximum Gasteiger partial charge on any atom is 0.138 e. The predicted molar refractivity (Wildman–Crippen MR) is 95.1 cm³/mol. The molecule has 0 saturated heterocycles. The molecule has 0 spiro atoms. The minimum Gasteiger partial charge on any atom is -0.396 e. The molecule has 2 aromatic carbocycles. The fourth-order valence-corrected chi connectivity index (χ4v) is 3.27. The molecule has 0 radical (unpaired) electrons. The van der Waals surface area contributed by atoms with E-state index in [0.717, 1.165) is 28.4 Å². The maximum absolute atomic E-state index is 9.46. The Hall–Kier alpha value is -2.43. The number of hydrogen-bond donors (Lipinski definition) is 1. The van der Waals surface area contributed by atoms with Gasteiger partial charge in [-0.3, -0.25) is 4.99 Å². The number of aliphatic imine (C=N–C) groups is 1. The van der Waals surface area contributed by atoms with Crippen LogP contribution in [0, 0.1) is 0 Å². The summed E-state index contributed by atoms with van der Waals surface area (Å²) in [5.74, 6) is 0.832. The lowest BCUT2D eigenvalue weighted by atomic mass is 10.0. The summed E-state index contributed by atoms with van der Waals surface area (Å²) in [6.07, 6.45) is 4.21. The molecule has 1 atom stereocenters. The van der Waals surface area contributed by atoms with Crippen LogP contribution in [0.15, 0.2) is 65.9 Å². The van der Waals surface area contributed by atoms with Crippen LogP contribution in [0.1, 0.15) is 29.4 Å². The van der Waals surface area contributed by atoms with Crippen LogP contribution in [0.5, 0.6) is 0 Å². The second-order valence-corrected chi connectivity index (χ2v) is 6.13. The summed E-state index contributed by atoms with van der Waals surface area (Å²) < 4.78 is 2.03. The van der Waals surface area contributed by atoms with Crippen LogP contribution in [-0.4, -0.2) is 27.0 Å². The molecule has 0 aliphatic carbocycles. The summed E-state index contributed by atoms with van der Waals surface area (Å²) >= 11 is 6.26. The van der Waals surface area contributed by atoms with E-state index in [9.17, 15) is 5.11 Å². The second-order valence-electron chi connectivity index (χ2n) is 5.69. The summed E-state index contributed by atoms with van der Waals surface area (Å²) in [4.78, 5) is 9.42. The van der Waals surface area contributed by atoms with Crippen molar-refractivity contribution in [3.8, 4) is 5.69 Å². The Balaban J connectivity index is 2.00. The average molecular weight is 338 g/mol. The predicted octanol–water partition coefficient (Wildman–Crippen LogP) is 3.80. The summed E-state index contributed by atoms with van der Waals surface area (Å²) in [5, 5.41) is 10.1. The van der Waals surface area contributed by atoms with Crippen LogP contribution in [0.4, 0.5) is 0 Å². The first kappa shape index (κ1) is 15.1. The Morgan fingerprint density at radius 1 is 1.12 bits per heavy atom. The van der Waals surface area contributed by atoms with Gasteiger partial charge in [0.15, 0.2) is 0 Å². The summed E-state index contributed by atoms with van der Waals surface area (Å²) in [6, 6.07) is 15.6. The van der Waals surface area contributed by atoms with Gasteiger partial charge in [-0.05, 0) is 18.2 Å². The topological polar surface area (TPSA) is 50.4 Å². The van der Waals surface area contributed by atoms with Gasteiger partial charge in [-0.1, -0.05) is 41.9 Å². The zero-order valence-electron chi connectivity index (χ0n) is 12.9. The lowest BCUT2D eigenvalue weighted by Gasteiger charge is -2.12.